The molecule has 0 amide bonds. The molecule has 0 heterocycles. The molecule has 17 heavy (non-hydrogen) atoms. The maximum atomic E-state index is 9.99. The Morgan fingerprint density at radius 2 is 1.41 bits per heavy atom. The minimum atomic E-state index is -0.855. The molecule has 2 aromatic carbocycles. The highest BCUT2D eigenvalue weighted by molar-refractivity contribution is 5.67. The molecule has 0 aromatic heterocycles. The van der Waals surface area contributed by atoms with Crippen molar-refractivity contribution < 1.29 is 10.2 Å². The van der Waals surface area contributed by atoms with Crippen LogP contribution >= 0.6 is 0 Å². The SMILES string of the molecule is CC(O)[C@@H](O)c1ccccc1-c1ccccc1. The van der Waals surface area contributed by atoms with Gasteiger partial charge in [0.1, 0.15) is 6.10 Å². The van der Waals surface area contributed by atoms with Gasteiger partial charge in [0.25, 0.3) is 0 Å². The summed E-state index contributed by atoms with van der Waals surface area (Å²) in [5.74, 6) is 0. The number of aliphatic hydroxyl groups excluding tert-OH is 2. The van der Waals surface area contributed by atoms with Gasteiger partial charge in [-0.15, -0.1) is 0 Å². The van der Waals surface area contributed by atoms with E-state index in [-0.39, 0.29) is 0 Å². The first-order valence-corrected chi connectivity index (χ1v) is 5.70. The molecule has 2 aromatic rings. The molecule has 0 saturated heterocycles. The van der Waals surface area contributed by atoms with Crippen LogP contribution in [0, 0.1) is 0 Å². The zero-order valence-corrected chi connectivity index (χ0v) is 9.75. The van der Waals surface area contributed by atoms with Crippen molar-refractivity contribution in [3.8, 4) is 11.1 Å². The van der Waals surface area contributed by atoms with Crippen LogP contribution in [-0.4, -0.2) is 16.3 Å². The van der Waals surface area contributed by atoms with E-state index < -0.39 is 12.2 Å². The summed E-state index contributed by atoms with van der Waals surface area (Å²) in [7, 11) is 0. The number of hydrogen-bond acceptors (Lipinski definition) is 2. The third kappa shape index (κ3) is 2.54. The minimum Gasteiger partial charge on any atom is -0.390 e. The van der Waals surface area contributed by atoms with E-state index in [4.69, 9.17) is 0 Å². The lowest BCUT2D eigenvalue weighted by Gasteiger charge is -2.18. The van der Waals surface area contributed by atoms with Crippen molar-refractivity contribution in [2.24, 2.45) is 0 Å². The van der Waals surface area contributed by atoms with Crippen LogP contribution in [-0.2, 0) is 0 Å². The molecule has 0 aliphatic heterocycles. The van der Waals surface area contributed by atoms with Crippen molar-refractivity contribution in [3.63, 3.8) is 0 Å². The monoisotopic (exact) mass is 228 g/mol. The zero-order valence-electron chi connectivity index (χ0n) is 9.75. The minimum absolute atomic E-state index is 0.758. The van der Waals surface area contributed by atoms with Crippen molar-refractivity contribution in [1.82, 2.24) is 0 Å². The summed E-state index contributed by atoms with van der Waals surface area (Å²) < 4.78 is 0. The molecular formula is C15H16O2. The first-order chi connectivity index (χ1) is 8.20. The van der Waals surface area contributed by atoms with Crippen molar-refractivity contribution in [3.05, 3.63) is 60.2 Å². The Labute approximate surface area is 101 Å². The molecule has 0 aliphatic carbocycles. The second kappa shape index (κ2) is 5.13. The van der Waals surface area contributed by atoms with Crippen molar-refractivity contribution in [1.29, 1.82) is 0 Å². The summed E-state index contributed by atoms with van der Waals surface area (Å²) in [4.78, 5) is 0. The molecular weight excluding hydrogens is 212 g/mol. The first-order valence-electron chi connectivity index (χ1n) is 5.70. The highest BCUT2D eigenvalue weighted by atomic mass is 16.3. The smallest absolute Gasteiger partial charge is 0.105 e. The largest absolute Gasteiger partial charge is 0.390 e. The van der Waals surface area contributed by atoms with Gasteiger partial charge in [-0.25, -0.2) is 0 Å². The molecule has 88 valence electrons. The fourth-order valence-corrected chi connectivity index (χ4v) is 1.90. The van der Waals surface area contributed by atoms with E-state index in [1.165, 1.54) is 0 Å². The van der Waals surface area contributed by atoms with Gasteiger partial charge in [-0.1, -0.05) is 54.6 Å². The van der Waals surface area contributed by atoms with Crippen LogP contribution in [0.4, 0.5) is 0 Å². The average Bonchev–Trinajstić information content (AvgIpc) is 2.39. The second-order valence-electron chi connectivity index (χ2n) is 4.14. The summed E-state index contributed by atoms with van der Waals surface area (Å²) in [6, 6.07) is 17.5. The summed E-state index contributed by atoms with van der Waals surface area (Å²) in [5.41, 5.74) is 2.76. The molecule has 2 atom stereocenters. The van der Waals surface area contributed by atoms with E-state index in [0.29, 0.717) is 0 Å². The predicted molar refractivity (Wildman–Crippen MR) is 68.5 cm³/mol. The van der Waals surface area contributed by atoms with Gasteiger partial charge in [0.2, 0.25) is 0 Å². The second-order valence-corrected chi connectivity index (χ2v) is 4.14. The van der Waals surface area contributed by atoms with Crippen LogP contribution in [0.3, 0.4) is 0 Å². The van der Waals surface area contributed by atoms with Crippen molar-refractivity contribution in [2.45, 2.75) is 19.1 Å². The highest BCUT2D eigenvalue weighted by Gasteiger charge is 2.17. The molecule has 2 N–H and O–H groups in total. The van der Waals surface area contributed by atoms with Gasteiger partial charge < -0.3 is 10.2 Å². The summed E-state index contributed by atoms with van der Waals surface area (Å²) in [5, 5.41) is 19.5. The van der Waals surface area contributed by atoms with Gasteiger partial charge in [0.15, 0.2) is 0 Å². The quantitative estimate of drug-likeness (QED) is 0.848. The Morgan fingerprint density at radius 1 is 0.824 bits per heavy atom. The third-order valence-electron chi connectivity index (χ3n) is 2.82. The van der Waals surface area contributed by atoms with E-state index in [1.807, 2.05) is 54.6 Å². The van der Waals surface area contributed by atoms with Crippen LogP contribution < -0.4 is 0 Å². The van der Waals surface area contributed by atoms with Crippen LogP contribution in [0.15, 0.2) is 54.6 Å². The van der Waals surface area contributed by atoms with E-state index in [1.54, 1.807) is 6.92 Å². The van der Waals surface area contributed by atoms with Crippen molar-refractivity contribution in [2.75, 3.05) is 0 Å². The Hall–Kier alpha value is -1.64. The lowest BCUT2D eigenvalue weighted by Crippen LogP contribution is -2.14. The highest BCUT2D eigenvalue weighted by Crippen LogP contribution is 2.29. The Balaban J connectivity index is 2.48. The number of rotatable bonds is 3. The van der Waals surface area contributed by atoms with Gasteiger partial charge in [-0.2, -0.15) is 0 Å². The van der Waals surface area contributed by atoms with Gasteiger partial charge in [0.05, 0.1) is 6.10 Å². The van der Waals surface area contributed by atoms with Crippen LogP contribution in [0.1, 0.15) is 18.6 Å². The summed E-state index contributed by atoms with van der Waals surface area (Å²) >= 11 is 0. The molecule has 0 fully saturated rings. The average molecular weight is 228 g/mol. The van der Waals surface area contributed by atoms with Gasteiger partial charge in [-0.3, -0.25) is 0 Å². The van der Waals surface area contributed by atoms with Gasteiger partial charge in [0, 0.05) is 0 Å². The normalized spacial score (nSPS) is 14.3. The fourth-order valence-electron chi connectivity index (χ4n) is 1.90. The lowest BCUT2D eigenvalue weighted by atomic mass is 9.94. The van der Waals surface area contributed by atoms with E-state index in [9.17, 15) is 10.2 Å². The molecule has 1 unspecified atom stereocenters. The zero-order chi connectivity index (χ0) is 12.3. The molecule has 0 radical (unpaired) electrons. The van der Waals surface area contributed by atoms with Gasteiger partial charge >= 0.3 is 0 Å². The molecule has 0 bridgehead atoms. The molecule has 0 spiro atoms. The third-order valence-corrected chi connectivity index (χ3v) is 2.82. The van der Waals surface area contributed by atoms with Crippen LogP contribution in [0.5, 0.6) is 0 Å². The molecule has 2 heteroatoms. The van der Waals surface area contributed by atoms with Crippen LogP contribution in [0.2, 0.25) is 0 Å². The Bertz CT molecular complexity index is 477. The molecule has 0 saturated carbocycles. The topological polar surface area (TPSA) is 40.5 Å². The van der Waals surface area contributed by atoms with E-state index >= 15 is 0 Å². The Morgan fingerprint density at radius 3 is 2.06 bits per heavy atom. The molecule has 0 aliphatic rings. The standard InChI is InChI=1S/C15H16O2/c1-11(16)15(17)14-10-6-5-9-13(14)12-7-3-2-4-8-12/h2-11,15-17H,1H3/t11?,15-/m1/s1. The van der Waals surface area contributed by atoms with E-state index in [0.717, 1.165) is 16.7 Å². The number of benzene rings is 2. The van der Waals surface area contributed by atoms with Crippen LogP contribution in [0.25, 0.3) is 11.1 Å². The maximum absolute atomic E-state index is 9.99. The molecule has 2 nitrogen and oxygen atoms in total. The number of aliphatic hydroxyl groups is 2. The van der Waals surface area contributed by atoms with E-state index in [2.05, 4.69) is 0 Å². The molecule has 2 rings (SSSR count). The van der Waals surface area contributed by atoms with Gasteiger partial charge in [-0.05, 0) is 23.6 Å². The lowest BCUT2D eigenvalue weighted by molar-refractivity contribution is 0.0309. The fraction of sp³-hybridized carbons (Fsp3) is 0.200. The predicted octanol–water partition coefficient (Wildman–Crippen LogP) is 2.77. The maximum Gasteiger partial charge on any atom is 0.105 e. The Kier molecular flexibility index (Phi) is 3.57. The first kappa shape index (κ1) is 11.8. The van der Waals surface area contributed by atoms with Crippen molar-refractivity contribution >= 4 is 0 Å². The summed E-state index contributed by atoms with van der Waals surface area (Å²) in [6.07, 6.45) is -1.63. The summed E-state index contributed by atoms with van der Waals surface area (Å²) in [6.45, 7) is 1.59. The number of hydrogen-bond donors (Lipinski definition) is 2.